The van der Waals surface area contributed by atoms with Crippen LogP contribution in [0.15, 0.2) is 134 Å². The van der Waals surface area contributed by atoms with Crippen LogP contribution in [0.1, 0.15) is 64.4 Å². The zero-order chi connectivity index (χ0) is 46.1. The van der Waals surface area contributed by atoms with E-state index in [1.807, 2.05) is 24.8 Å². The van der Waals surface area contributed by atoms with Gasteiger partial charge < -0.3 is 25.1 Å². The normalized spacial score (nSPS) is 14.7. The van der Waals surface area contributed by atoms with Gasteiger partial charge in [-0.25, -0.2) is 0 Å². The second-order valence-electron chi connectivity index (χ2n) is 18.7. The standard InChI is InChI=1S/C31H34N6.C26H25N5/c1-4-20(2)21(3)33-24-15-23(18-32-19-24)22-11-12-28-26(16-22)31(36-35-28)29-17-25-27(34-29)9-8-10-30(25)37-13-6-5-7-14-37;1-17-10-11-27-16-21(17)18-8-9-23-20(14-18)26(30-29-23)24-15-19-22(28-24)6-5-7-25(19)31-12-3-2-4-13-31/h8-12,15-20,33-34H,3-7,13-14H2,1-2H3,(H,35,36);5-11,14-16,28H,2-4,12-13H2,1H3,(H,29,30). The number of fused-ring (bicyclic) bond motifs is 4. The van der Waals surface area contributed by atoms with Crippen LogP contribution in [-0.2, 0) is 0 Å². The maximum atomic E-state index is 4.71. The number of pyridine rings is 2. The van der Waals surface area contributed by atoms with Crippen LogP contribution >= 0.6 is 0 Å². The van der Waals surface area contributed by atoms with Gasteiger partial charge in [0.1, 0.15) is 11.4 Å². The van der Waals surface area contributed by atoms with Crippen LogP contribution < -0.4 is 15.1 Å². The predicted octanol–water partition coefficient (Wildman–Crippen LogP) is 13.8. The summed E-state index contributed by atoms with van der Waals surface area (Å²) in [5.74, 6) is 0.403. The molecular formula is C57H59N11. The molecule has 0 saturated carbocycles. The quantitative estimate of drug-likeness (QED) is 0.0923. The monoisotopic (exact) mass is 897 g/mol. The van der Waals surface area contributed by atoms with Crippen molar-refractivity contribution in [2.24, 2.45) is 5.92 Å². The first-order valence-electron chi connectivity index (χ1n) is 24.4. The summed E-state index contributed by atoms with van der Waals surface area (Å²) < 4.78 is 0. The molecule has 12 rings (SSSR count). The summed E-state index contributed by atoms with van der Waals surface area (Å²) >= 11 is 0. The van der Waals surface area contributed by atoms with Gasteiger partial charge in [-0.3, -0.25) is 20.2 Å². The number of benzene rings is 4. The molecule has 2 aliphatic rings. The third kappa shape index (κ3) is 8.37. The van der Waals surface area contributed by atoms with Crippen molar-refractivity contribution < 1.29 is 0 Å². The number of anilines is 3. The number of piperidine rings is 2. The molecule has 5 N–H and O–H groups in total. The van der Waals surface area contributed by atoms with Crippen molar-refractivity contribution in [2.45, 2.75) is 65.7 Å². The van der Waals surface area contributed by atoms with Gasteiger partial charge in [0, 0.05) is 106 Å². The molecular weight excluding hydrogens is 839 g/mol. The van der Waals surface area contributed by atoms with Gasteiger partial charge >= 0.3 is 0 Å². The Bertz CT molecular complexity index is 3410. The summed E-state index contributed by atoms with van der Waals surface area (Å²) in [6, 6.07) is 34.7. The van der Waals surface area contributed by atoms with Crippen LogP contribution in [0, 0.1) is 12.8 Å². The van der Waals surface area contributed by atoms with Crippen molar-refractivity contribution in [3.8, 4) is 45.0 Å². The van der Waals surface area contributed by atoms with E-state index in [9.17, 15) is 0 Å². The number of aryl methyl sites for hydroxylation is 1. The third-order valence-corrected chi connectivity index (χ3v) is 14.2. The Morgan fingerprint density at radius 2 is 1.18 bits per heavy atom. The van der Waals surface area contributed by atoms with Gasteiger partial charge in [0.2, 0.25) is 0 Å². The lowest BCUT2D eigenvalue weighted by Gasteiger charge is -2.29. The Hall–Kier alpha value is -7.66. The lowest BCUT2D eigenvalue weighted by molar-refractivity contribution is 0.579. The van der Waals surface area contributed by atoms with Crippen LogP contribution in [0.3, 0.4) is 0 Å². The smallest absolute Gasteiger partial charge is 0.116 e. The van der Waals surface area contributed by atoms with E-state index in [0.29, 0.717) is 5.92 Å². The van der Waals surface area contributed by atoms with Crippen LogP contribution in [0.4, 0.5) is 17.1 Å². The van der Waals surface area contributed by atoms with E-state index in [2.05, 4.69) is 175 Å². The Morgan fingerprint density at radius 3 is 1.75 bits per heavy atom. The largest absolute Gasteiger partial charge is 0.371 e. The average molecular weight is 898 g/mol. The summed E-state index contributed by atoms with van der Waals surface area (Å²) in [4.78, 5) is 21.1. The number of hydrogen-bond donors (Lipinski definition) is 5. The van der Waals surface area contributed by atoms with Gasteiger partial charge in [-0.05, 0) is 147 Å². The number of aromatic nitrogens is 8. The van der Waals surface area contributed by atoms with E-state index in [1.165, 1.54) is 66.2 Å². The van der Waals surface area contributed by atoms with E-state index in [0.717, 1.165) is 122 Å². The number of aromatic amines is 4. The first-order chi connectivity index (χ1) is 33.4. The number of hydrogen-bond acceptors (Lipinski definition) is 7. The molecule has 2 saturated heterocycles. The summed E-state index contributed by atoms with van der Waals surface area (Å²) in [5.41, 5.74) is 18.6. The summed E-state index contributed by atoms with van der Waals surface area (Å²) in [6.07, 6.45) is 16.3. The zero-order valence-corrected chi connectivity index (χ0v) is 39.3. The fourth-order valence-corrected chi connectivity index (χ4v) is 10.1. The Labute approximate surface area is 397 Å². The molecule has 0 bridgehead atoms. The fourth-order valence-electron chi connectivity index (χ4n) is 10.1. The molecule has 68 heavy (non-hydrogen) atoms. The number of allylic oxidation sites excluding steroid dienone is 1. The highest BCUT2D eigenvalue weighted by molar-refractivity contribution is 6.02. The SMILES string of the molecule is C=C(Nc1cncc(-c2ccc3[nH]nc(-c4cc5c(N6CCCCC6)cccc5[nH]4)c3c2)c1)C(C)CC.Cc1ccncc1-c1ccc2[nH]nc(-c3cc4c(N5CCCCC5)cccc4[nH]3)c2c1. The van der Waals surface area contributed by atoms with E-state index in [1.54, 1.807) is 0 Å². The predicted molar refractivity (Wildman–Crippen MR) is 282 cm³/mol. The van der Waals surface area contributed by atoms with Crippen LogP contribution in [0.2, 0.25) is 0 Å². The zero-order valence-electron chi connectivity index (χ0n) is 39.3. The lowest BCUT2D eigenvalue weighted by Crippen LogP contribution is -2.29. The molecule has 342 valence electrons. The van der Waals surface area contributed by atoms with Gasteiger partial charge in [-0.2, -0.15) is 10.2 Å². The summed E-state index contributed by atoms with van der Waals surface area (Å²) in [5, 5.41) is 24.0. The Kier molecular flexibility index (Phi) is 11.7. The van der Waals surface area contributed by atoms with E-state index in [-0.39, 0.29) is 0 Å². The first-order valence-corrected chi connectivity index (χ1v) is 24.4. The van der Waals surface area contributed by atoms with Crippen LogP contribution in [0.25, 0.3) is 88.6 Å². The first kappa shape index (κ1) is 42.9. The molecule has 8 heterocycles. The minimum absolute atomic E-state index is 0.403. The molecule has 6 aromatic heterocycles. The molecule has 11 heteroatoms. The summed E-state index contributed by atoms with van der Waals surface area (Å²) in [7, 11) is 0. The van der Waals surface area contributed by atoms with E-state index < -0.39 is 0 Å². The number of nitrogens with one attached hydrogen (secondary N) is 5. The van der Waals surface area contributed by atoms with Gasteiger partial charge in [-0.1, -0.05) is 44.7 Å². The molecule has 2 fully saturated rings. The minimum atomic E-state index is 0.403. The van der Waals surface area contributed by atoms with Crippen molar-refractivity contribution in [1.29, 1.82) is 0 Å². The fraction of sp³-hybridized carbons (Fsp3) is 0.263. The molecule has 4 aromatic carbocycles. The molecule has 0 spiro atoms. The molecule has 0 aliphatic carbocycles. The average Bonchev–Trinajstić information content (AvgIpc) is 4.21. The molecule has 0 radical (unpaired) electrons. The van der Waals surface area contributed by atoms with E-state index in [4.69, 9.17) is 5.10 Å². The van der Waals surface area contributed by atoms with Crippen LogP contribution in [0.5, 0.6) is 0 Å². The van der Waals surface area contributed by atoms with Gasteiger partial charge in [-0.15, -0.1) is 0 Å². The summed E-state index contributed by atoms with van der Waals surface area (Å²) in [6.45, 7) is 15.2. The van der Waals surface area contributed by atoms with Crippen molar-refractivity contribution in [2.75, 3.05) is 41.3 Å². The molecule has 1 atom stereocenters. The Morgan fingerprint density at radius 1 is 0.603 bits per heavy atom. The second kappa shape index (κ2) is 18.6. The van der Waals surface area contributed by atoms with Crippen molar-refractivity contribution in [3.05, 3.63) is 140 Å². The minimum Gasteiger partial charge on any atom is -0.371 e. The maximum Gasteiger partial charge on any atom is 0.116 e. The molecule has 1 unspecified atom stereocenters. The van der Waals surface area contributed by atoms with Gasteiger partial charge in [0.05, 0.1) is 34.3 Å². The van der Waals surface area contributed by atoms with Gasteiger partial charge in [0.25, 0.3) is 0 Å². The van der Waals surface area contributed by atoms with E-state index >= 15 is 0 Å². The Balaban J connectivity index is 0.000000151. The topological polar surface area (TPSA) is 133 Å². The second-order valence-corrected chi connectivity index (χ2v) is 18.7. The molecule has 2 aliphatic heterocycles. The maximum absolute atomic E-state index is 4.71. The van der Waals surface area contributed by atoms with Crippen LogP contribution in [-0.4, -0.2) is 66.5 Å². The highest BCUT2D eigenvalue weighted by Gasteiger charge is 2.20. The highest BCUT2D eigenvalue weighted by atomic mass is 15.1. The molecule has 11 nitrogen and oxygen atoms in total. The van der Waals surface area contributed by atoms with Crippen molar-refractivity contribution in [3.63, 3.8) is 0 Å². The third-order valence-electron chi connectivity index (χ3n) is 14.2. The number of rotatable bonds is 10. The number of H-pyrrole nitrogens is 4. The number of nitrogens with zero attached hydrogens (tertiary/aromatic N) is 6. The van der Waals surface area contributed by atoms with Gasteiger partial charge in [0.15, 0.2) is 0 Å². The van der Waals surface area contributed by atoms with Crippen molar-refractivity contribution in [1.82, 2.24) is 40.3 Å². The molecule has 0 amide bonds. The van der Waals surface area contributed by atoms with Crippen molar-refractivity contribution >= 4 is 60.7 Å². The lowest BCUT2D eigenvalue weighted by atomic mass is 10.0. The molecule has 10 aromatic rings. The highest BCUT2D eigenvalue weighted by Crippen LogP contribution is 2.38.